The molecule has 0 aliphatic heterocycles. The van der Waals surface area contributed by atoms with Crippen LogP contribution in [0.4, 0.5) is 8.78 Å². The lowest BCUT2D eigenvalue weighted by molar-refractivity contribution is -0.0880. The third-order valence-corrected chi connectivity index (χ3v) is 6.24. The van der Waals surface area contributed by atoms with Gasteiger partial charge < -0.3 is 25.7 Å². The van der Waals surface area contributed by atoms with E-state index < -0.39 is 18.9 Å². The summed E-state index contributed by atoms with van der Waals surface area (Å²) in [6, 6.07) is 21.0. The Bertz CT molecular complexity index is 1260. The minimum Gasteiger partial charge on any atom is -0.491 e. The molecule has 2 atom stereocenters. The van der Waals surface area contributed by atoms with E-state index in [0.29, 0.717) is 42.8 Å². The largest absolute Gasteiger partial charge is 0.491 e. The summed E-state index contributed by atoms with van der Waals surface area (Å²) >= 11 is 0. The lowest BCUT2D eigenvalue weighted by Gasteiger charge is -2.18. The summed E-state index contributed by atoms with van der Waals surface area (Å²) in [5.41, 5.74) is 16.8. The molecule has 0 fully saturated rings. The first-order valence-corrected chi connectivity index (χ1v) is 12.0. The predicted octanol–water partition coefficient (Wildman–Crippen LogP) is 4.81. The summed E-state index contributed by atoms with van der Waals surface area (Å²) < 4.78 is 41.0. The molecule has 3 aromatic carbocycles. The molecule has 194 valence electrons. The number of methoxy groups -OCH3 is 1. The zero-order valence-corrected chi connectivity index (χ0v) is 20.5. The van der Waals surface area contributed by atoms with Crippen molar-refractivity contribution < 1.29 is 27.8 Å². The Kier molecular flexibility index (Phi) is 8.78. The number of halogens is 2. The number of hydrogen-bond acceptors (Lipinski definition) is 6. The molecule has 0 spiro atoms. The van der Waals surface area contributed by atoms with E-state index >= 15 is 0 Å². The van der Waals surface area contributed by atoms with Gasteiger partial charge in [-0.3, -0.25) is 4.79 Å². The molecule has 6 nitrogen and oxygen atoms in total. The highest BCUT2D eigenvalue weighted by Gasteiger charge is 2.27. The molecule has 0 radical (unpaired) electrons. The third kappa shape index (κ3) is 6.47. The minimum absolute atomic E-state index is 0.0998. The third-order valence-electron chi connectivity index (χ3n) is 6.24. The molecule has 0 bridgehead atoms. The summed E-state index contributed by atoms with van der Waals surface area (Å²) in [5.74, 6) is 0.674. The molecule has 4 rings (SSSR count). The first-order chi connectivity index (χ1) is 17.9. The van der Waals surface area contributed by atoms with Crippen LogP contribution in [-0.2, 0) is 22.3 Å². The number of alkyl halides is 2. The fraction of sp³-hybridized carbons (Fsp3) is 0.276. The second-order valence-corrected chi connectivity index (χ2v) is 8.73. The van der Waals surface area contributed by atoms with Crippen molar-refractivity contribution in [3.63, 3.8) is 0 Å². The van der Waals surface area contributed by atoms with Crippen molar-refractivity contribution in [2.45, 2.75) is 31.7 Å². The Morgan fingerprint density at radius 1 is 0.973 bits per heavy atom. The maximum atomic E-state index is 13.1. The summed E-state index contributed by atoms with van der Waals surface area (Å²) in [6.45, 7) is 1.01. The Morgan fingerprint density at radius 2 is 1.73 bits per heavy atom. The number of allylic oxidation sites excluding steroid dienone is 2. The van der Waals surface area contributed by atoms with Gasteiger partial charge in [-0.25, -0.2) is 8.78 Å². The monoisotopic (exact) mass is 508 g/mol. The van der Waals surface area contributed by atoms with Crippen LogP contribution in [0.2, 0.25) is 0 Å². The van der Waals surface area contributed by atoms with Crippen LogP contribution in [-0.4, -0.2) is 38.8 Å². The van der Waals surface area contributed by atoms with E-state index in [4.69, 9.17) is 25.7 Å². The number of carbonyl (C=O) groups is 1. The van der Waals surface area contributed by atoms with Gasteiger partial charge in [0.1, 0.15) is 18.6 Å². The standard InChI is InChI=1S/C29H30F2N2O4/c1-35-14-15-36-23-12-10-19(11-13-23)24-5-3-2-4-18(24)6-8-21-16-20-7-9-22(17-25(20)26(21)34)28(32)37-29(33)27(30)31/h2-5,7-13,17,27-29H,6,14-16,32-33H2,1H3/b21-8+. The Morgan fingerprint density at radius 3 is 2.46 bits per heavy atom. The second kappa shape index (κ2) is 12.2. The van der Waals surface area contributed by atoms with Crippen LogP contribution in [0.5, 0.6) is 5.75 Å². The lowest BCUT2D eigenvalue weighted by atomic mass is 9.96. The maximum Gasteiger partial charge on any atom is 0.277 e. The number of rotatable bonds is 11. The molecule has 0 saturated heterocycles. The predicted molar refractivity (Wildman–Crippen MR) is 138 cm³/mol. The molecular weight excluding hydrogens is 478 g/mol. The molecule has 0 heterocycles. The molecule has 0 amide bonds. The number of benzene rings is 3. The average Bonchev–Trinajstić information content (AvgIpc) is 3.22. The maximum absolute atomic E-state index is 13.1. The van der Waals surface area contributed by atoms with Gasteiger partial charge in [-0.15, -0.1) is 0 Å². The number of carbonyl (C=O) groups excluding carboxylic acids is 1. The van der Waals surface area contributed by atoms with Gasteiger partial charge in [-0.2, -0.15) is 0 Å². The van der Waals surface area contributed by atoms with Crippen LogP contribution in [0.1, 0.15) is 33.3 Å². The van der Waals surface area contributed by atoms with Gasteiger partial charge in [0.05, 0.1) is 6.61 Å². The molecular formula is C29H30F2N2O4. The van der Waals surface area contributed by atoms with Crippen LogP contribution in [0, 0.1) is 0 Å². The van der Waals surface area contributed by atoms with Crippen molar-refractivity contribution in [1.82, 2.24) is 0 Å². The molecule has 3 aromatic rings. The average molecular weight is 509 g/mol. The zero-order valence-electron chi connectivity index (χ0n) is 20.5. The summed E-state index contributed by atoms with van der Waals surface area (Å²) in [5, 5.41) is 0. The number of nitrogens with two attached hydrogens (primary N) is 2. The van der Waals surface area contributed by atoms with E-state index in [-0.39, 0.29) is 5.78 Å². The van der Waals surface area contributed by atoms with Gasteiger partial charge >= 0.3 is 0 Å². The van der Waals surface area contributed by atoms with Gasteiger partial charge in [0.25, 0.3) is 6.43 Å². The fourth-order valence-electron chi connectivity index (χ4n) is 4.25. The molecule has 1 aliphatic rings. The van der Waals surface area contributed by atoms with Gasteiger partial charge in [0.2, 0.25) is 0 Å². The Balaban J connectivity index is 1.47. The molecule has 4 N–H and O–H groups in total. The number of fused-ring (bicyclic) bond motifs is 1. The van der Waals surface area contributed by atoms with E-state index in [0.717, 1.165) is 28.0 Å². The second-order valence-electron chi connectivity index (χ2n) is 8.73. The number of Topliss-reactive ketones (excluding diaryl/α,β-unsaturated/α-hetero) is 1. The summed E-state index contributed by atoms with van der Waals surface area (Å²) in [6.07, 6.45) is -2.78. The van der Waals surface area contributed by atoms with Crippen molar-refractivity contribution in [2.75, 3.05) is 20.3 Å². The van der Waals surface area contributed by atoms with Crippen molar-refractivity contribution in [2.24, 2.45) is 11.5 Å². The van der Waals surface area contributed by atoms with Crippen LogP contribution in [0.3, 0.4) is 0 Å². The molecule has 37 heavy (non-hydrogen) atoms. The number of hydrogen-bond donors (Lipinski definition) is 2. The summed E-state index contributed by atoms with van der Waals surface area (Å²) in [4.78, 5) is 13.1. The van der Waals surface area contributed by atoms with Gasteiger partial charge in [-0.1, -0.05) is 54.6 Å². The highest BCUT2D eigenvalue weighted by molar-refractivity contribution is 6.13. The van der Waals surface area contributed by atoms with E-state index in [9.17, 15) is 13.6 Å². The molecule has 0 aromatic heterocycles. The normalized spacial score (nSPS) is 15.7. The molecule has 1 aliphatic carbocycles. The summed E-state index contributed by atoms with van der Waals surface area (Å²) in [7, 11) is 1.63. The molecule has 8 heteroatoms. The van der Waals surface area contributed by atoms with Crippen LogP contribution in [0.25, 0.3) is 11.1 Å². The van der Waals surface area contributed by atoms with E-state index in [1.165, 1.54) is 0 Å². The van der Waals surface area contributed by atoms with E-state index in [1.807, 2.05) is 48.5 Å². The fourth-order valence-corrected chi connectivity index (χ4v) is 4.25. The Labute approximate surface area is 214 Å². The quantitative estimate of drug-likeness (QED) is 0.219. The van der Waals surface area contributed by atoms with Crippen LogP contribution in [0.15, 0.2) is 78.4 Å². The zero-order chi connectivity index (χ0) is 26.4. The van der Waals surface area contributed by atoms with Gasteiger partial charge in [0, 0.05) is 24.7 Å². The van der Waals surface area contributed by atoms with Crippen LogP contribution < -0.4 is 16.2 Å². The lowest BCUT2D eigenvalue weighted by Crippen LogP contribution is -2.35. The van der Waals surface area contributed by atoms with Crippen LogP contribution >= 0.6 is 0 Å². The molecule has 2 unspecified atom stereocenters. The van der Waals surface area contributed by atoms with Gasteiger partial charge in [-0.05, 0) is 52.4 Å². The highest BCUT2D eigenvalue weighted by Crippen LogP contribution is 2.31. The minimum atomic E-state index is -2.85. The highest BCUT2D eigenvalue weighted by atomic mass is 19.3. The van der Waals surface area contributed by atoms with Crippen molar-refractivity contribution in [3.05, 3.63) is 101 Å². The number of ether oxygens (including phenoxy) is 3. The smallest absolute Gasteiger partial charge is 0.277 e. The van der Waals surface area contributed by atoms with E-state index in [1.54, 1.807) is 25.3 Å². The first kappa shape index (κ1) is 26.6. The number of ketones is 1. The topological polar surface area (TPSA) is 96.8 Å². The van der Waals surface area contributed by atoms with Crippen molar-refractivity contribution in [3.8, 4) is 16.9 Å². The van der Waals surface area contributed by atoms with Crippen molar-refractivity contribution in [1.29, 1.82) is 0 Å². The Hall–Kier alpha value is -3.43. The SMILES string of the molecule is COCCOc1ccc(-c2ccccc2C/C=C2\Cc3ccc(C(N)OC(N)C(F)F)cc3C2=O)cc1. The molecule has 0 saturated carbocycles. The van der Waals surface area contributed by atoms with Gasteiger partial charge in [0.15, 0.2) is 12.0 Å². The van der Waals surface area contributed by atoms with Crippen molar-refractivity contribution >= 4 is 5.78 Å². The van der Waals surface area contributed by atoms with E-state index in [2.05, 4.69) is 6.07 Å². The first-order valence-electron chi connectivity index (χ1n) is 12.0.